The Bertz CT molecular complexity index is 838. The number of ether oxygens (including phenoxy) is 2. The molecule has 0 saturated carbocycles. The molecular weight excluding hydrogens is 348 g/mol. The van der Waals surface area contributed by atoms with Crippen molar-refractivity contribution in [2.75, 3.05) is 25.1 Å². The summed E-state index contributed by atoms with van der Waals surface area (Å²) in [5.74, 6) is 2.02. The fraction of sp³-hybridized carbons (Fsp3) is 0.316. The predicted octanol–water partition coefficient (Wildman–Crippen LogP) is 3.33. The smallest absolute Gasteiger partial charge is 0.269 e. The number of nitro benzene ring substituents is 1. The molecule has 0 radical (unpaired) electrons. The Morgan fingerprint density at radius 2 is 2.00 bits per heavy atom. The van der Waals surface area contributed by atoms with Gasteiger partial charge in [0.2, 0.25) is 0 Å². The van der Waals surface area contributed by atoms with E-state index in [2.05, 4.69) is 15.6 Å². The maximum Gasteiger partial charge on any atom is 0.269 e. The number of non-ortho nitro benzene ring substituents is 1. The van der Waals surface area contributed by atoms with Crippen molar-refractivity contribution in [2.45, 2.75) is 19.9 Å². The number of hydrogen-bond donors (Lipinski definition) is 2. The number of hydrogen-bond acceptors (Lipinski definition) is 5. The summed E-state index contributed by atoms with van der Waals surface area (Å²) < 4.78 is 11.3. The molecule has 0 aliphatic carbocycles. The molecule has 0 saturated heterocycles. The van der Waals surface area contributed by atoms with Gasteiger partial charge in [0.15, 0.2) is 17.5 Å². The van der Waals surface area contributed by atoms with Gasteiger partial charge in [-0.25, -0.2) is 4.99 Å². The first-order valence-electron chi connectivity index (χ1n) is 8.84. The fourth-order valence-corrected chi connectivity index (χ4v) is 2.62. The topological polar surface area (TPSA) is 98.0 Å². The van der Waals surface area contributed by atoms with Crippen LogP contribution >= 0.6 is 0 Å². The van der Waals surface area contributed by atoms with E-state index in [9.17, 15) is 10.1 Å². The average molecular weight is 370 g/mol. The highest BCUT2D eigenvalue weighted by Crippen LogP contribution is 2.32. The Kier molecular flexibility index (Phi) is 6.09. The van der Waals surface area contributed by atoms with Gasteiger partial charge in [-0.2, -0.15) is 0 Å². The van der Waals surface area contributed by atoms with Crippen LogP contribution in [-0.2, 0) is 6.54 Å². The molecule has 3 rings (SSSR count). The summed E-state index contributed by atoms with van der Waals surface area (Å²) in [5, 5.41) is 17.3. The molecule has 1 aliphatic rings. The maximum absolute atomic E-state index is 10.9. The summed E-state index contributed by atoms with van der Waals surface area (Å²) in [7, 11) is 0. The van der Waals surface area contributed by atoms with Crippen LogP contribution in [0.5, 0.6) is 11.5 Å². The van der Waals surface area contributed by atoms with E-state index in [-0.39, 0.29) is 5.69 Å². The lowest BCUT2D eigenvalue weighted by atomic mass is 10.2. The second-order valence-electron chi connectivity index (χ2n) is 5.96. The lowest BCUT2D eigenvalue weighted by Crippen LogP contribution is -2.30. The Labute approximate surface area is 157 Å². The van der Waals surface area contributed by atoms with E-state index in [0.717, 1.165) is 23.4 Å². The molecule has 0 atom stereocenters. The summed E-state index contributed by atoms with van der Waals surface area (Å²) in [5.41, 5.74) is 1.64. The molecule has 0 unspecified atom stereocenters. The molecule has 0 aromatic heterocycles. The predicted molar refractivity (Wildman–Crippen MR) is 104 cm³/mol. The second kappa shape index (κ2) is 8.88. The van der Waals surface area contributed by atoms with Crippen LogP contribution < -0.4 is 20.1 Å². The first-order valence-corrected chi connectivity index (χ1v) is 8.84. The van der Waals surface area contributed by atoms with E-state index in [4.69, 9.17) is 9.47 Å². The van der Waals surface area contributed by atoms with Crippen molar-refractivity contribution in [2.24, 2.45) is 4.99 Å². The van der Waals surface area contributed by atoms with Crippen molar-refractivity contribution in [3.05, 3.63) is 58.1 Å². The van der Waals surface area contributed by atoms with E-state index in [1.165, 1.54) is 12.1 Å². The molecule has 1 heterocycles. The van der Waals surface area contributed by atoms with Gasteiger partial charge in [0.25, 0.3) is 5.69 Å². The van der Waals surface area contributed by atoms with Crippen LogP contribution in [-0.4, -0.2) is 30.6 Å². The van der Waals surface area contributed by atoms with Crippen LogP contribution in [0.15, 0.2) is 47.5 Å². The minimum Gasteiger partial charge on any atom is -0.490 e. The number of aliphatic imine (C=N–C) groups is 1. The fourth-order valence-electron chi connectivity index (χ4n) is 2.62. The van der Waals surface area contributed by atoms with E-state index < -0.39 is 4.92 Å². The van der Waals surface area contributed by atoms with Gasteiger partial charge in [-0.1, -0.05) is 12.1 Å². The first kappa shape index (κ1) is 18.5. The third kappa shape index (κ3) is 5.10. The third-order valence-electron chi connectivity index (χ3n) is 3.90. The lowest BCUT2D eigenvalue weighted by Gasteiger charge is -2.13. The highest BCUT2D eigenvalue weighted by Gasteiger charge is 2.11. The molecule has 0 bridgehead atoms. The molecule has 8 heteroatoms. The van der Waals surface area contributed by atoms with Crippen LogP contribution in [0.2, 0.25) is 0 Å². The number of rotatable bonds is 5. The molecule has 0 spiro atoms. The molecule has 142 valence electrons. The van der Waals surface area contributed by atoms with Crippen LogP contribution in [0.1, 0.15) is 18.9 Å². The van der Waals surface area contributed by atoms with Crippen LogP contribution in [0.25, 0.3) is 0 Å². The molecule has 27 heavy (non-hydrogen) atoms. The Hall–Kier alpha value is -3.29. The molecule has 1 aliphatic heterocycles. The SMILES string of the molecule is CCNC(=NCc1cccc([N+](=O)[O-])c1)Nc1ccc2c(c1)OCCCO2. The van der Waals surface area contributed by atoms with Gasteiger partial charge in [0.05, 0.1) is 24.7 Å². The lowest BCUT2D eigenvalue weighted by molar-refractivity contribution is -0.384. The zero-order valence-electron chi connectivity index (χ0n) is 15.1. The van der Waals surface area contributed by atoms with Crippen LogP contribution in [0.3, 0.4) is 0 Å². The number of fused-ring (bicyclic) bond motifs is 1. The van der Waals surface area contributed by atoms with Gasteiger partial charge in [-0.05, 0) is 24.6 Å². The van der Waals surface area contributed by atoms with Crippen molar-refractivity contribution in [1.82, 2.24) is 5.32 Å². The van der Waals surface area contributed by atoms with Crippen molar-refractivity contribution < 1.29 is 14.4 Å². The summed E-state index contributed by atoms with van der Waals surface area (Å²) in [6, 6.07) is 12.1. The van der Waals surface area contributed by atoms with Crippen LogP contribution in [0, 0.1) is 10.1 Å². The highest BCUT2D eigenvalue weighted by atomic mass is 16.6. The summed E-state index contributed by atoms with van der Waals surface area (Å²) in [6.07, 6.45) is 0.852. The van der Waals surface area contributed by atoms with E-state index in [1.807, 2.05) is 31.2 Å². The van der Waals surface area contributed by atoms with Gasteiger partial charge >= 0.3 is 0 Å². The van der Waals surface area contributed by atoms with Gasteiger partial charge in [0, 0.05) is 36.9 Å². The normalized spacial score (nSPS) is 13.6. The Morgan fingerprint density at radius 1 is 1.19 bits per heavy atom. The number of nitrogens with one attached hydrogen (secondary N) is 2. The van der Waals surface area contributed by atoms with E-state index >= 15 is 0 Å². The van der Waals surface area contributed by atoms with E-state index in [0.29, 0.717) is 38.0 Å². The molecular formula is C19H22N4O4. The molecule has 2 N–H and O–H groups in total. The maximum atomic E-state index is 10.9. The number of nitrogens with zero attached hydrogens (tertiary/aromatic N) is 2. The highest BCUT2D eigenvalue weighted by molar-refractivity contribution is 5.93. The Morgan fingerprint density at radius 3 is 2.78 bits per heavy atom. The van der Waals surface area contributed by atoms with Gasteiger partial charge < -0.3 is 20.1 Å². The van der Waals surface area contributed by atoms with Crippen LogP contribution in [0.4, 0.5) is 11.4 Å². The second-order valence-corrected chi connectivity index (χ2v) is 5.96. The molecule has 2 aromatic rings. The number of benzene rings is 2. The van der Waals surface area contributed by atoms with E-state index in [1.54, 1.807) is 6.07 Å². The summed E-state index contributed by atoms with van der Waals surface area (Å²) in [6.45, 7) is 4.25. The van der Waals surface area contributed by atoms with Gasteiger partial charge in [0.1, 0.15) is 0 Å². The summed E-state index contributed by atoms with van der Waals surface area (Å²) >= 11 is 0. The average Bonchev–Trinajstić information content (AvgIpc) is 2.91. The molecule has 0 amide bonds. The molecule has 0 fully saturated rings. The van der Waals surface area contributed by atoms with Gasteiger partial charge in [-0.3, -0.25) is 10.1 Å². The van der Waals surface area contributed by atoms with Crippen molar-refractivity contribution in [3.63, 3.8) is 0 Å². The quantitative estimate of drug-likeness (QED) is 0.363. The Balaban J connectivity index is 1.73. The van der Waals surface area contributed by atoms with Gasteiger partial charge in [-0.15, -0.1) is 0 Å². The minimum absolute atomic E-state index is 0.0589. The first-order chi connectivity index (χ1) is 13.2. The third-order valence-corrected chi connectivity index (χ3v) is 3.90. The van der Waals surface area contributed by atoms with Crippen molar-refractivity contribution in [3.8, 4) is 11.5 Å². The summed E-state index contributed by atoms with van der Waals surface area (Å²) in [4.78, 5) is 15.0. The van der Waals surface area contributed by atoms with Crippen molar-refractivity contribution >= 4 is 17.3 Å². The van der Waals surface area contributed by atoms with Crippen molar-refractivity contribution in [1.29, 1.82) is 0 Å². The standard InChI is InChI=1S/C19H22N4O4/c1-2-20-19(21-13-14-5-3-6-16(11-14)23(24)25)22-15-7-8-17-18(12-15)27-10-4-9-26-17/h3,5-8,11-12H,2,4,9-10,13H2,1H3,(H2,20,21,22). The molecule has 2 aromatic carbocycles. The zero-order chi connectivity index (χ0) is 19.1. The number of anilines is 1. The monoisotopic (exact) mass is 370 g/mol. The number of nitro groups is 1. The zero-order valence-corrected chi connectivity index (χ0v) is 15.1. The largest absolute Gasteiger partial charge is 0.490 e. The molecule has 8 nitrogen and oxygen atoms in total. The number of guanidine groups is 1. The minimum atomic E-state index is -0.408.